The van der Waals surface area contributed by atoms with E-state index < -0.39 is 0 Å². The van der Waals surface area contributed by atoms with Crippen molar-refractivity contribution in [1.82, 2.24) is 0 Å². The van der Waals surface area contributed by atoms with Gasteiger partial charge in [-0.25, -0.2) is 0 Å². The molecule has 0 saturated heterocycles. The van der Waals surface area contributed by atoms with E-state index in [1.807, 2.05) is 13.8 Å². The van der Waals surface area contributed by atoms with E-state index in [0.717, 1.165) is 6.42 Å². The first kappa shape index (κ1) is 14.5. The molecule has 2 atom stereocenters. The van der Waals surface area contributed by atoms with Crippen LogP contribution >= 0.6 is 0 Å². The molecule has 1 aliphatic rings. The number of ether oxygens (including phenoxy) is 2. The minimum absolute atomic E-state index is 0.199. The van der Waals surface area contributed by atoms with Crippen LogP contribution in [-0.2, 0) is 9.47 Å². The van der Waals surface area contributed by atoms with Gasteiger partial charge in [-0.1, -0.05) is 38.1 Å². The second kappa shape index (κ2) is 6.53. The molecule has 106 valence electrons. The summed E-state index contributed by atoms with van der Waals surface area (Å²) in [7, 11) is 0. The van der Waals surface area contributed by atoms with Gasteiger partial charge in [0.1, 0.15) is 6.79 Å². The van der Waals surface area contributed by atoms with Gasteiger partial charge in [-0.3, -0.25) is 0 Å². The molecular weight excluding hydrogens is 236 g/mol. The highest BCUT2D eigenvalue weighted by Gasteiger charge is 2.29. The largest absolute Gasteiger partial charge is 0.353 e. The summed E-state index contributed by atoms with van der Waals surface area (Å²) in [6, 6.07) is 8.73. The smallest absolute Gasteiger partial charge is 0.147 e. The zero-order chi connectivity index (χ0) is 13.8. The maximum absolute atomic E-state index is 5.93. The van der Waals surface area contributed by atoms with Crippen molar-refractivity contribution in [3.05, 3.63) is 35.4 Å². The quantitative estimate of drug-likeness (QED) is 0.718. The average Bonchev–Trinajstić information content (AvgIpc) is 2.38. The molecule has 1 aromatic rings. The second-order valence-electron chi connectivity index (χ2n) is 6.05. The third-order valence-corrected chi connectivity index (χ3v) is 3.96. The molecule has 2 unspecified atom stereocenters. The van der Waals surface area contributed by atoms with Crippen molar-refractivity contribution >= 4 is 0 Å². The lowest BCUT2D eigenvalue weighted by atomic mass is 9.76. The molecule has 0 spiro atoms. The van der Waals surface area contributed by atoms with Gasteiger partial charge in [0.2, 0.25) is 0 Å². The highest BCUT2D eigenvalue weighted by Crippen LogP contribution is 2.42. The van der Waals surface area contributed by atoms with Crippen LogP contribution in [0.2, 0.25) is 0 Å². The number of rotatable bonds is 5. The first-order valence-corrected chi connectivity index (χ1v) is 7.41. The molecule has 1 aromatic carbocycles. The highest BCUT2D eigenvalue weighted by atomic mass is 16.7. The molecule has 0 heterocycles. The van der Waals surface area contributed by atoms with Crippen LogP contribution in [0.3, 0.4) is 0 Å². The van der Waals surface area contributed by atoms with Crippen molar-refractivity contribution in [1.29, 1.82) is 0 Å². The van der Waals surface area contributed by atoms with Gasteiger partial charge in [0.25, 0.3) is 0 Å². The lowest BCUT2D eigenvalue weighted by Crippen LogP contribution is -2.21. The summed E-state index contributed by atoms with van der Waals surface area (Å²) >= 11 is 0. The topological polar surface area (TPSA) is 18.5 Å². The van der Waals surface area contributed by atoms with Crippen molar-refractivity contribution in [2.24, 2.45) is 5.92 Å². The van der Waals surface area contributed by atoms with Crippen LogP contribution in [0, 0.1) is 5.92 Å². The standard InChI is InChI=1S/C17H26O2/c1-12(2)14-9-10-17(19-11-18-13(3)4)16-8-6-5-7-15(14)16/h5-8,12-14,17H,9-11H2,1-4H3. The van der Waals surface area contributed by atoms with Crippen LogP contribution in [0.4, 0.5) is 0 Å². The molecule has 0 aromatic heterocycles. The fourth-order valence-electron chi connectivity index (χ4n) is 2.91. The van der Waals surface area contributed by atoms with Crippen molar-refractivity contribution in [3.63, 3.8) is 0 Å². The van der Waals surface area contributed by atoms with Crippen LogP contribution in [0.1, 0.15) is 63.7 Å². The van der Waals surface area contributed by atoms with Crippen molar-refractivity contribution in [2.75, 3.05) is 6.79 Å². The second-order valence-corrected chi connectivity index (χ2v) is 6.05. The number of fused-ring (bicyclic) bond motifs is 1. The van der Waals surface area contributed by atoms with E-state index in [9.17, 15) is 0 Å². The Morgan fingerprint density at radius 1 is 1.05 bits per heavy atom. The molecule has 0 amide bonds. The Balaban J connectivity index is 2.09. The molecule has 19 heavy (non-hydrogen) atoms. The minimum atomic E-state index is 0.199. The van der Waals surface area contributed by atoms with Gasteiger partial charge in [0, 0.05) is 0 Å². The highest BCUT2D eigenvalue weighted by molar-refractivity contribution is 5.34. The predicted molar refractivity (Wildman–Crippen MR) is 78.2 cm³/mol. The predicted octanol–water partition coefficient (Wildman–Crippen LogP) is 4.66. The minimum Gasteiger partial charge on any atom is -0.353 e. The summed E-state index contributed by atoms with van der Waals surface area (Å²) in [4.78, 5) is 0. The molecule has 1 aliphatic carbocycles. The van der Waals surface area contributed by atoms with Crippen LogP contribution in [0.15, 0.2) is 24.3 Å². The third kappa shape index (κ3) is 3.58. The molecule has 2 heteroatoms. The van der Waals surface area contributed by atoms with Crippen LogP contribution in [0.25, 0.3) is 0 Å². The summed E-state index contributed by atoms with van der Waals surface area (Å²) in [6.07, 6.45) is 2.73. The fraction of sp³-hybridized carbons (Fsp3) is 0.647. The molecule has 0 radical (unpaired) electrons. The fourth-order valence-corrected chi connectivity index (χ4v) is 2.91. The molecule has 2 nitrogen and oxygen atoms in total. The van der Waals surface area contributed by atoms with Gasteiger partial charge in [-0.2, -0.15) is 0 Å². The Morgan fingerprint density at radius 3 is 2.37 bits per heavy atom. The normalized spacial score (nSPS) is 22.8. The number of benzene rings is 1. The zero-order valence-corrected chi connectivity index (χ0v) is 12.6. The van der Waals surface area contributed by atoms with Gasteiger partial charge < -0.3 is 9.47 Å². The van der Waals surface area contributed by atoms with Gasteiger partial charge in [0.05, 0.1) is 12.2 Å². The van der Waals surface area contributed by atoms with Crippen molar-refractivity contribution in [3.8, 4) is 0 Å². The summed E-state index contributed by atoms with van der Waals surface area (Å²) < 4.78 is 11.4. The van der Waals surface area contributed by atoms with E-state index in [1.54, 1.807) is 0 Å². The van der Waals surface area contributed by atoms with E-state index in [2.05, 4.69) is 38.1 Å². The summed E-state index contributed by atoms with van der Waals surface area (Å²) in [5.41, 5.74) is 2.83. The monoisotopic (exact) mass is 262 g/mol. The van der Waals surface area contributed by atoms with Crippen LogP contribution < -0.4 is 0 Å². The lowest BCUT2D eigenvalue weighted by molar-refractivity contribution is -0.115. The average molecular weight is 262 g/mol. The van der Waals surface area contributed by atoms with Gasteiger partial charge in [-0.05, 0) is 49.7 Å². The Morgan fingerprint density at radius 2 is 1.74 bits per heavy atom. The third-order valence-electron chi connectivity index (χ3n) is 3.96. The van der Waals surface area contributed by atoms with E-state index in [1.165, 1.54) is 17.5 Å². The van der Waals surface area contributed by atoms with Gasteiger partial charge in [0.15, 0.2) is 0 Å². The molecule has 0 saturated carbocycles. The maximum atomic E-state index is 5.93. The molecular formula is C17H26O2. The lowest BCUT2D eigenvalue weighted by Gasteiger charge is -2.33. The SMILES string of the molecule is CC(C)OCOC1CCC(C(C)C)c2ccccc21. The Kier molecular flexibility index (Phi) is 5.00. The van der Waals surface area contributed by atoms with E-state index in [4.69, 9.17) is 9.47 Å². The Labute approximate surface area is 117 Å². The van der Waals surface area contributed by atoms with E-state index in [0.29, 0.717) is 18.6 Å². The van der Waals surface area contributed by atoms with Gasteiger partial charge >= 0.3 is 0 Å². The summed E-state index contributed by atoms with van der Waals surface area (Å²) in [5, 5.41) is 0. The maximum Gasteiger partial charge on any atom is 0.147 e. The molecule has 0 N–H and O–H groups in total. The van der Waals surface area contributed by atoms with Gasteiger partial charge in [-0.15, -0.1) is 0 Å². The number of hydrogen-bond acceptors (Lipinski definition) is 2. The molecule has 2 rings (SSSR count). The Bertz CT molecular complexity index is 398. The number of hydrogen-bond donors (Lipinski definition) is 0. The van der Waals surface area contributed by atoms with E-state index in [-0.39, 0.29) is 12.2 Å². The van der Waals surface area contributed by atoms with E-state index >= 15 is 0 Å². The Hall–Kier alpha value is -0.860. The molecule has 0 bridgehead atoms. The van der Waals surface area contributed by atoms with Crippen molar-refractivity contribution < 1.29 is 9.47 Å². The zero-order valence-electron chi connectivity index (χ0n) is 12.6. The first-order chi connectivity index (χ1) is 9.09. The first-order valence-electron chi connectivity index (χ1n) is 7.41. The van der Waals surface area contributed by atoms with Crippen molar-refractivity contribution in [2.45, 2.75) is 58.7 Å². The van der Waals surface area contributed by atoms with Crippen LogP contribution in [-0.4, -0.2) is 12.9 Å². The molecule has 0 fully saturated rings. The molecule has 0 aliphatic heterocycles. The summed E-state index contributed by atoms with van der Waals surface area (Å²) in [6.45, 7) is 9.08. The summed E-state index contributed by atoms with van der Waals surface area (Å²) in [5.74, 6) is 1.36. The van der Waals surface area contributed by atoms with Crippen LogP contribution in [0.5, 0.6) is 0 Å².